The summed E-state index contributed by atoms with van der Waals surface area (Å²) in [4.78, 5) is 32.9. The topological polar surface area (TPSA) is 103 Å². The summed E-state index contributed by atoms with van der Waals surface area (Å²) >= 11 is 0. The number of nitroso groups, excluding NO2 is 1. The Morgan fingerprint density at radius 3 is 2.81 bits per heavy atom. The molecule has 1 aliphatic rings. The van der Waals surface area contributed by atoms with Gasteiger partial charge in [0.15, 0.2) is 0 Å². The standard InChI is InChI=1S/C13H13N5O3/c1-8-12(6-16-21)17-18(13(8)20)9-3-4-10(15-7-19)11(5-9)14-2/h3-5,7,14H,1,6H2,2H3,(H,15,19). The Morgan fingerprint density at radius 2 is 2.19 bits per heavy atom. The summed E-state index contributed by atoms with van der Waals surface area (Å²) in [6.45, 7) is 3.40. The zero-order valence-corrected chi connectivity index (χ0v) is 11.3. The van der Waals surface area contributed by atoms with E-state index in [4.69, 9.17) is 0 Å². The first-order chi connectivity index (χ1) is 10.1. The van der Waals surface area contributed by atoms with Crippen molar-refractivity contribution < 1.29 is 9.59 Å². The third kappa shape index (κ3) is 2.64. The van der Waals surface area contributed by atoms with E-state index < -0.39 is 5.91 Å². The number of nitrogens with one attached hydrogen (secondary N) is 2. The van der Waals surface area contributed by atoms with Crippen LogP contribution >= 0.6 is 0 Å². The van der Waals surface area contributed by atoms with Crippen LogP contribution in [0.4, 0.5) is 17.1 Å². The van der Waals surface area contributed by atoms with Gasteiger partial charge in [-0.1, -0.05) is 11.8 Å². The zero-order chi connectivity index (χ0) is 15.4. The fraction of sp³-hybridized carbons (Fsp3) is 0.154. The van der Waals surface area contributed by atoms with Gasteiger partial charge in [0.1, 0.15) is 6.54 Å². The first kappa shape index (κ1) is 14.4. The van der Waals surface area contributed by atoms with Gasteiger partial charge in [-0.2, -0.15) is 15.0 Å². The highest BCUT2D eigenvalue weighted by atomic mass is 16.3. The molecule has 0 fully saturated rings. The lowest BCUT2D eigenvalue weighted by Gasteiger charge is -2.15. The molecule has 0 aromatic heterocycles. The Balaban J connectivity index is 2.38. The minimum absolute atomic E-state index is 0.149. The summed E-state index contributed by atoms with van der Waals surface area (Å²) in [5.74, 6) is -0.410. The number of anilines is 3. The Bertz CT molecular complexity index is 653. The van der Waals surface area contributed by atoms with Crippen molar-refractivity contribution in [3.8, 4) is 0 Å². The summed E-state index contributed by atoms with van der Waals surface area (Å²) in [7, 11) is 1.69. The minimum Gasteiger partial charge on any atom is -0.386 e. The molecule has 0 saturated heterocycles. The van der Waals surface area contributed by atoms with Crippen molar-refractivity contribution in [2.75, 3.05) is 29.2 Å². The second-order valence-electron chi connectivity index (χ2n) is 4.17. The summed E-state index contributed by atoms with van der Waals surface area (Å²) in [6, 6.07) is 4.91. The van der Waals surface area contributed by atoms with Crippen LogP contribution < -0.4 is 15.6 Å². The van der Waals surface area contributed by atoms with E-state index in [0.29, 0.717) is 23.5 Å². The van der Waals surface area contributed by atoms with Gasteiger partial charge in [0.2, 0.25) is 6.41 Å². The summed E-state index contributed by atoms with van der Waals surface area (Å²) in [5, 5.41) is 13.4. The van der Waals surface area contributed by atoms with Gasteiger partial charge in [0.25, 0.3) is 5.91 Å². The normalized spacial score (nSPS) is 14.0. The van der Waals surface area contributed by atoms with Crippen LogP contribution in [0, 0.1) is 4.91 Å². The van der Waals surface area contributed by atoms with Gasteiger partial charge < -0.3 is 10.6 Å². The molecule has 0 unspecified atom stereocenters. The summed E-state index contributed by atoms with van der Waals surface area (Å²) in [5.41, 5.74) is 2.07. The highest BCUT2D eigenvalue weighted by molar-refractivity contribution is 6.30. The first-order valence-electron chi connectivity index (χ1n) is 6.04. The molecular weight excluding hydrogens is 274 g/mol. The molecule has 1 heterocycles. The summed E-state index contributed by atoms with van der Waals surface area (Å²) < 4.78 is 0. The van der Waals surface area contributed by atoms with Crippen molar-refractivity contribution in [2.45, 2.75) is 0 Å². The zero-order valence-electron chi connectivity index (χ0n) is 11.3. The fourth-order valence-corrected chi connectivity index (χ4v) is 1.90. The predicted molar refractivity (Wildman–Crippen MR) is 80.4 cm³/mol. The molecule has 8 heteroatoms. The predicted octanol–water partition coefficient (Wildman–Crippen LogP) is 1.32. The van der Waals surface area contributed by atoms with Gasteiger partial charge >= 0.3 is 0 Å². The van der Waals surface area contributed by atoms with Crippen LogP contribution in [-0.2, 0) is 9.59 Å². The van der Waals surface area contributed by atoms with E-state index in [1.807, 2.05) is 0 Å². The highest BCUT2D eigenvalue weighted by Gasteiger charge is 2.29. The lowest BCUT2D eigenvalue weighted by molar-refractivity contribution is -0.114. The smallest absolute Gasteiger partial charge is 0.280 e. The maximum Gasteiger partial charge on any atom is 0.280 e. The average molecular weight is 287 g/mol. The van der Waals surface area contributed by atoms with E-state index in [1.165, 1.54) is 0 Å². The van der Waals surface area contributed by atoms with Gasteiger partial charge in [0.05, 0.1) is 28.3 Å². The highest BCUT2D eigenvalue weighted by Crippen LogP contribution is 2.30. The third-order valence-corrected chi connectivity index (χ3v) is 2.97. The maximum absolute atomic E-state index is 12.1. The SMILES string of the molecule is C=C1C(=O)N(c2ccc(NC=O)c(NC)c2)N=C1CN=O. The summed E-state index contributed by atoms with van der Waals surface area (Å²) in [6.07, 6.45) is 0.560. The lowest BCUT2D eigenvalue weighted by atomic mass is 10.2. The average Bonchev–Trinajstić information content (AvgIpc) is 2.77. The number of carbonyl (C=O) groups is 2. The minimum atomic E-state index is -0.410. The molecule has 0 atom stereocenters. The number of hydrazone groups is 1. The molecule has 8 nitrogen and oxygen atoms in total. The molecule has 0 aliphatic carbocycles. The maximum atomic E-state index is 12.1. The Morgan fingerprint density at radius 1 is 1.43 bits per heavy atom. The van der Waals surface area contributed by atoms with Gasteiger partial charge in [-0.15, -0.1) is 0 Å². The van der Waals surface area contributed by atoms with Crippen molar-refractivity contribution >= 4 is 35.1 Å². The first-order valence-corrected chi connectivity index (χ1v) is 6.04. The Hall–Kier alpha value is -3.03. The fourth-order valence-electron chi connectivity index (χ4n) is 1.90. The second-order valence-corrected chi connectivity index (χ2v) is 4.17. The van der Waals surface area contributed by atoms with Crippen LogP contribution in [-0.4, -0.2) is 31.6 Å². The second kappa shape index (κ2) is 5.95. The van der Waals surface area contributed by atoms with Crippen molar-refractivity contribution in [3.05, 3.63) is 35.3 Å². The van der Waals surface area contributed by atoms with E-state index >= 15 is 0 Å². The number of hydrogen-bond donors (Lipinski definition) is 2. The number of rotatable bonds is 6. The largest absolute Gasteiger partial charge is 0.386 e. The molecule has 0 bridgehead atoms. The van der Waals surface area contributed by atoms with E-state index in [9.17, 15) is 14.5 Å². The lowest BCUT2D eigenvalue weighted by Crippen LogP contribution is -2.21. The molecule has 21 heavy (non-hydrogen) atoms. The van der Waals surface area contributed by atoms with Crippen LogP contribution in [0.25, 0.3) is 0 Å². The van der Waals surface area contributed by atoms with Crippen molar-refractivity contribution in [2.24, 2.45) is 10.3 Å². The van der Waals surface area contributed by atoms with Crippen LogP contribution in [0.1, 0.15) is 0 Å². The molecule has 2 amide bonds. The molecule has 0 saturated carbocycles. The number of benzene rings is 1. The van der Waals surface area contributed by atoms with Crippen LogP contribution in [0.5, 0.6) is 0 Å². The monoisotopic (exact) mass is 287 g/mol. The number of amides is 2. The molecule has 2 rings (SSSR count). The van der Waals surface area contributed by atoms with Gasteiger partial charge in [-0.3, -0.25) is 9.59 Å². The molecule has 108 valence electrons. The molecule has 2 N–H and O–H groups in total. The molecule has 0 spiro atoms. The van der Waals surface area contributed by atoms with Crippen LogP contribution in [0.15, 0.2) is 40.6 Å². The Kier molecular flexibility index (Phi) is 4.07. The molecule has 1 aromatic rings. The van der Waals surface area contributed by atoms with Gasteiger partial charge in [-0.05, 0) is 18.2 Å². The van der Waals surface area contributed by atoms with Gasteiger partial charge in [-0.25, -0.2) is 0 Å². The molecule has 1 aliphatic heterocycles. The van der Waals surface area contributed by atoms with Crippen molar-refractivity contribution in [1.29, 1.82) is 0 Å². The van der Waals surface area contributed by atoms with Crippen molar-refractivity contribution in [1.82, 2.24) is 0 Å². The van der Waals surface area contributed by atoms with Gasteiger partial charge in [0, 0.05) is 7.05 Å². The Labute approximate surface area is 120 Å². The van der Waals surface area contributed by atoms with Crippen LogP contribution in [0.2, 0.25) is 0 Å². The van der Waals surface area contributed by atoms with E-state index in [2.05, 4.69) is 27.5 Å². The van der Waals surface area contributed by atoms with Crippen molar-refractivity contribution in [3.63, 3.8) is 0 Å². The van der Waals surface area contributed by atoms with E-state index in [-0.39, 0.29) is 17.8 Å². The quantitative estimate of drug-likeness (QED) is 0.468. The van der Waals surface area contributed by atoms with E-state index in [0.717, 1.165) is 5.01 Å². The molecule has 0 radical (unpaired) electrons. The number of carbonyl (C=O) groups excluding carboxylic acids is 2. The third-order valence-electron chi connectivity index (χ3n) is 2.97. The van der Waals surface area contributed by atoms with E-state index in [1.54, 1.807) is 25.2 Å². The molecule has 1 aromatic carbocycles. The number of nitrogens with zero attached hydrogens (tertiary/aromatic N) is 3. The molecular formula is C13H13N5O3. The van der Waals surface area contributed by atoms with Crippen LogP contribution in [0.3, 0.4) is 0 Å². The number of hydrogen-bond acceptors (Lipinski definition) is 6.